The highest BCUT2D eigenvalue weighted by atomic mass is 32.2. The number of H-pyrrole nitrogens is 1. The number of ether oxygens (including phenoxy) is 2. The van der Waals surface area contributed by atoms with Gasteiger partial charge < -0.3 is 19.8 Å². The van der Waals surface area contributed by atoms with Crippen LogP contribution in [0.4, 0.5) is 17.3 Å². The summed E-state index contributed by atoms with van der Waals surface area (Å²) in [6.07, 6.45) is 1.39. The number of methoxy groups -OCH3 is 2. The smallest absolute Gasteiger partial charge is 0.247 e. The molecule has 0 saturated carbocycles. The number of nitrogens with zero attached hydrogens (tertiary/aromatic N) is 2. The molecule has 3 N–H and O–H groups in total. The van der Waals surface area contributed by atoms with E-state index in [0.29, 0.717) is 38.9 Å². The Labute approximate surface area is 180 Å². The van der Waals surface area contributed by atoms with Crippen molar-refractivity contribution in [1.82, 2.24) is 15.0 Å². The maximum Gasteiger partial charge on any atom is 0.247 e. The van der Waals surface area contributed by atoms with Crippen molar-refractivity contribution in [3.8, 4) is 11.5 Å². The number of anilines is 3. The van der Waals surface area contributed by atoms with Gasteiger partial charge in [0.25, 0.3) is 0 Å². The SMILES string of the molecule is COc1cc(Nc2nc3ccccc3nc2NS(=O)c2ccc(=O)[nH]c2)cc(OC)c1. The van der Waals surface area contributed by atoms with Crippen LogP contribution in [-0.2, 0) is 11.0 Å². The highest BCUT2D eigenvalue weighted by Gasteiger charge is 2.14. The third-order valence-corrected chi connectivity index (χ3v) is 5.40. The number of benzene rings is 2. The van der Waals surface area contributed by atoms with E-state index in [4.69, 9.17) is 9.47 Å². The Morgan fingerprint density at radius 1 is 0.903 bits per heavy atom. The van der Waals surface area contributed by atoms with Gasteiger partial charge in [0.2, 0.25) is 5.56 Å². The van der Waals surface area contributed by atoms with Crippen molar-refractivity contribution in [3.63, 3.8) is 0 Å². The zero-order valence-electron chi connectivity index (χ0n) is 16.7. The molecule has 0 spiro atoms. The molecule has 0 bridgehead atoms. The van der Waals surface area contributed by atoms with Gasteiger partial charge in [-0.15, -0.1) is 0 Å². The van der Waals surface area contributed by atoms with Crippen LogP contribution in [0.1, 0.15) is 0 Å². The number of rotatable bonds is 7. The van der Waals surface area contributed by atoms with E-state index in [1.165, 1.54) is 18.3 Å². The average Bonchev–Trinajstić information content (AvgIpc) is 2.79. The molecule has 1 unspecified atom stereocenters. The van der Waals surface area contributed by atoms with Crippen LogP contribution in [0.15, 0.2) is 70.5 Å². The number of hydrogen-bond acceptors (Lipinski definition) is 7. The van der Waals surface area contributed by atoms with Crippen molar-refractivity contribution in [1.29, 1.82) is 0 Å². The third kappa shape index (κ3) is 4.64. The lowest BCUT2D eigenvalue weighted by atomic mass is 10.2. The lowest BCUT2D eigenvalue weighted by molar-refractivity contribution is 0.395. The molecule has 0 radical (unpaired) electrons. The molecule has 0 amide bonds. The molecule has 0 fully saturated rings. The fourth-order valence-electron chi connectivity index (χ4n) is 2.83. The van der Waals surface area contributed by atoms with Crippen LogP contribution in [0.5, 0.6) is 11.5 Å². The summed E-state index contributed by atoms with van der Waals surface area (Å²) in [5, 5.41) is 3.19. The Morgan fingerprint density at radius 3 is 2.13 bits per heavy atom. The monoisotopic (exact) mass is 437 g/mol. The number of para-hydroxylation sites is 2. The molecule has 9 nitrogen and oxygen atoms in total. The minimum atomic E-state index is -1.68. The van der Waals surface area contributed by atoms with Crippen molar-refractivity contribution in [2.24, 2.45) is 0 Å². The number of nitrogens with one attached hydrogen (secondary N) is 3. The molecule has 2 aromatic carbocycles. The van der Waals surface area contributed by atoms with Crippen LogP contribution in [0.2, 0.25) is 0 Å². The molecule has 1 atom stereocenters. The summed E-state index contributed by atoms with van der Waals surface area (Å²) in [6, 6.07) is 15.5. The van der Waals surface area contributed by atoms with Crippen LogP contribution >= 0.6 is 0 Å². The van der Waals surface area contributed by atoms with Gasteiger partial charge in [-0.1, -0.05) is 12.1 Å². The molecule has 0 aliphatic heterocycles. The van der Waals surface area contributed by atoms with E-state index in [2.05, 4.69) is 25.0 Å². The lowest BCUT2D eigenvalue weighted by Gasteiger charge is -2.14. The first-order chi connectivity index (χ1) is 15.1. The summed E-state index contributed by atoms with van der Waals surface area (Å²) >= 11 is 0. The Morgan fingerprint density at radius 2 is 1.55 bits per heavy atom. The first kappa shape index (κ1) is 20.4. The normalized spacial score (nSPS) is 11.7. The summed E-state index contributed by atoms with van der Waals surface area (Å²) in [5.41, 5.74) is 1.68. The molecular formula is C21H19N5O4S. The van der Waals surface area contributed by atoms with Gasteiger partial charge in [0, 0.05) is 36.1 Å². The van der Waals surface area contributed by atoms with Crippen LogP contribution in [-0.4, -0.2) is 33.4 Å². The van der Waals surface area contributed by atoms with Gasteiger partial charge in [0.05, 0.1) is 30.1 Å². The van der Waals surface area contributed by atoms with Crippen molar-refractivity contribution in [2.75, 3.05) is 24.3 Å². The molecule has 0 aliphatic rings. The number of aromatic nitrogens is 3. The number of pyridine rings is 1. The van der Waals surface area contributed by atoms with Gasteiger partial charge in [-0.25, -0.2) is 14.2 Å². The van der Waals surface area contributed by atoms with Gasteiger partial charge in [-0.05, 0) is 18.2 Å². The summed E-state index contributed by atoms with van der Waals surface area (Å²) < 4.78 is 26.3. The Balaban J connectivity index is 1.74. The van der Waals surface area contributed by atoms with Crippen LogP contribution in [0.25, 0.3) is 11.0 Å². The maximum atomic E-state index is 12.8. The van der Waals surface area contributed by atoms with E-state index in [1.807, 2.05) is 24.3 Å². The van der Waals surface area contributed by atoms with Gasteiger partial charge in [-0.3, -0.25) is 9.52 Å². The van der Waals surface area contributed by atoms with E-state index in [1.54, 1.807) is 32.4 Å². The van der Waals surface area contributed by atoms with E-state index < -0.39 is 11.0 Å². The molecule has 2 heterocycles. The zero-order valence-corrected chi connectivity index (χ0v) is 17.5. The van der Waals surface area contributed by atoms with Crippen LogP contribution in [0.3, 0.4) is 0 Å². The number of hydrogen-bond donors (Lipinski definition) is 3. The third-order valence-electron chi connectivity index (χ3n) is 4.34. The van der Waals surface area contributed by atoms with Crippen molar-refractivity contribution >= 4 is 39.3 Å². The largest absolute Gasteiger partial charge is 0.497 e. The van der Waals surface area contributed by atoms with E-state index in [9.17, 15) is 9.00 Å². The Hall–Kier alpha value is -3.92. The highest BCUT2D eigenvalue weighted by Crippen LogP contribution is 2.31. The lowest BCUT2D eigenvalue weighted by Crippen LogP contribution is -2.12. The van der Waals surface area contributed by atoms with Crippen LogP contribution < -0.4 is 25.1 Å². The molecule has 158 valence electrons. The minimum absolute atomic E-state index is 0.277. The topological polar surface area (TPSA) is 118 Å². The molecule has 2 aromatic heterocycles. The van der Waals surface area contributed by atoms with E-state index in [0.717, 1.165) is 0 Å². The maximum absolute atomic E-state index is 12.8. The van der Waals surface area contributed by atoms with Crippen molar-refractivity contribution < 1.29 is 13.7 Å². The molecule has 10 heteroatoms. The van der Waals surface area contributed by atoms with Gasteiger partial charge >= 0.3 is 0 Å². The minimum Gasteiger partial charge on any atom is -0.497 e. The van der Waals surface area contributed by atoms with Gasteiger partial charge in [-0.2, -0.15) is 0 Å². The van der Waals surface area contributed by atoms with Gasteiger partial charge in [0.15, 0.2) is 22.6 Å². The summed E-state index contributed by atoms with van der Waals surface area (Å²) in [4.78, 5) is 23.4. The molecule has 31 heavy (non-hydrogen) atoms. The highest BCUT2D eigenvalue weighted by molar-refractivity contribution is 7.86. The average molecular weight is 437 g/mol. The second-order valence-corrected chi connectivity index (χ2v) is 7.61. The summed E-state index contributed by atoms with van der Waals surface area (Å²) in [5.74, 6) is 1.85. The van der Waals surface area contributed by atoms with Crippen LogP contribution in [0, 0.1) is 0 Å². The van der Waals surface area contributed by atoms with Crippen molar-refractivity contribution in [3.05, 3.63) is 71.1 Å². The van der Waals surface area contributed by atoms with E-state index >= 15 is 0 Å². The summed E-state index contributed by atoms with van der Waals surface area (Å²) in [6.45, 7) is 0. The second-order valence-electron chi connectivity index (χ2n) is 6.40. The quantitative estimate of drug-likeness (QED) is 0.406. The second kappa shape index (κ2) is 8.84. The molecular weight excluding hydrogens is 418 g/mol. The molecule has 0 aliphatic carbocycles. The predicted molar refractivity (Wildman–Crippen MR) is 119 cm³/mol. The number of aromatic amines is 1. The number of fused-ring (bicyclic) bond motifs is 1. The fourth-order valence-corrected chi connectivity index (χ4v) is 3.63. The van der Waals surface area contributed by atoms with Crippen molar-refractivity contribution in [2.45, 2.75) is 4.90 Å². The molecule has 4 rings (SSSR count). The predicted octanol–water partition coefficient (Wildman–Crippen LogP) is 3.21. The fraction of sp³-hybridized carbons (Fsp3) is 0.0952. The zero-order chi connectivity index (χ0) is 21.8. The van der Waals surface area contributed by atoms with Gasteiger partial charge in [0.1, 0.15) is 11.5 Å². The van der Waals surface area contributed by atoms with E-state index in [-0.39, 0.29) is 11.4 Å². The Kier molecular flexibility index (Phi) is 5.80. The molecule has 4 aromatic rings. The summed E-state index contributed by atoms with van der Waals surface area (Å²) in [7, 11) is 1.45. The Bertz CT molecular complexity index is 1280. The first-order valence-electron chi connectivity index (χ1n) is 9.20. The standard InChI is InChI=1S/C21H19N5O4S/c1-29-14-9-13(10-15(11-14)30-2)23-20-21(25-18-6-4-3-5-17(18)24-20)26-31(28)16-7-8-19(27)22-12-16/h3-12H,1-2H3,(H,22,27)(H,23,24)(H,25,26). The molecule has 0 saturated heterocycles. The first-order valence-corrected chi connectivity index (χ1v) is 10.3.